The van der Waals surface area contributed by atoms with Gasteiger partial charge in [0.25, 0.3) is 0 Å². The molecule has 0 aliphatic carbocycles. The molecule has 0 bridgehead atoms. The monoisotopic (exact) mass is 207 g/mol. The third-order valence-corrected chi connectivity index (χ3v) is 2.12. The summed E-state index contributed by atoms with van der Waals surface area (Å²) in [5, 5.41) is 11.5. The predicted molar refractivity (Wildman–Crippen MR) is 54.6 cm³/mol. The molecule has 0 spiro atoms. The van der Waals surface area contributed by atoms with E-state index in [0.717, 1.165) is 5.56 Å². The molecule has 0 fully saturated rings. The number of hydrogen-bond acceptors (Lipinski definition) is 5. The van der Waals surface area contributed by atoms with Crippen LogP contribution in [-0.2, 0) is 4.84 Å². The number of rotatable bonds is 3. The molecule has 1 atom stereocenters. The van der Waals surface area contributed by atoms with Crippen molar-refractivity contribution >= 4 is 0 Å². The lowest BCUT2D eigenvalue weighted by Crippen LogP contribution is -2.31. The second-order valence-electron chi connectivity index (χ2n) is 3.30. The second kappa shape index (κ2) is 4.20. The van der Waals surface area contributed by atoms with Gasteiger partial charge in [0, 0.05) is 0 Å². The molecule has 5 nitrogen and oxygen atoms in total. The minimum atomic E-state index is -0.579. The highest BCUT2D eigenvalue weighted by atomic mass is 16.7. The quantitative estimate of drug-likeness (QED) is 0.662. The fourth-order valence-electron chi connectivity index (χ4n) is 1.37. The minimum Gasteiger partial charge on any atom is -0.386 e. The van der Waals surface area contributed by atoms with Crippen molar-refractivity contribution in [2.45, 2.75) is 6.10 Å². The van der Waals surface area contributed by atoms with Crippen LogP contribution >= 0.6 is 0 Å². The van der Waals surface area contributed by atoms with E-state index in [0.29, 0.717) is 6.54 Å². The molecule has 15 heavy (non-hydrogen) atoms. The lowest BCUT2D eigenvalue weighted by Gasteiger charge is -2.18. The number of aliphatic hydroxyl groups excluding tert-OH is 1. The number of benzene rings is 1. The normalized spacial score (nSPS) is 17.1. The molecule has 4 N–H and O–H groups in total. The lowest BCUT2D eigenvalue weighted by molar-refractivity contribution is -0.00258. The van der Waals surface area contributed by atoms with E-state index in [1.165, 1.54) is 0 Å². The molecule has 2 rings (SSSR count). The van der Waals surface area contributed by atoms with Gasteiger partial charge in [0.15, 0.2) is 0 Å². The number of nitrogens with one attached hydrogen (secondary N) is 1. The van der Waals surface area contributed by atoms with Crippen LogP contribution in [0.2, 0.25) is 0 Å². The Bertz CT molecular complexity index is 353. The third kappa shape index (κ3) is 2.39. The van der Waals surface area contributed by atoms with Crippen LogP contribution in [0.25, 0.3) is 0 Å². The topological polar surface area (TPSA) is 70.8 Å². The van der Waals surface area contributed by atoms with Crippen molar-refractivity contribution < 1.29 is 9.94 Å². The summed E-state index contributed by atoms with van der Waals surface area (Å²) in [6.45, 7) is 0.380. The van der Waals surface area contributed by atoms with Gasteiger partial charge in [0.1, 0.15) is 0 Å². The van der Waals surface area contributed by atoms with Gasteiger partial charge in [-0.1, -0.05) is 35.9 Å². The van der Waals surface area contributed by atoms with Gasteiger partial charge < -0.3 is 15.7 Å². The van der Waals surface area contributed by atoms with E-state index in [1.807, 2.05) is 30.3 Å². The first-order chi connectivity index (χ1) is 7.25. The van der Waals surface area contributed by atoms with E-state index < -0.39 is 6.10 Å². The Balaban J connectivity index is 1.96. The highest BCUT2D eigenvalue weighted by Gasteiger charge is 2.15. The van der Waals surface area contributed by atoms with E-state index in [-0.39, 0.29) is 5.88 Å². The number of nitrogens with two attached hydrogens (primary N) is 1. The summed E-state index contributed by atoms with van der Waals surface area (Å²) in [4.78, 5) is 4.81. The molecule has 1 aliphatic rings. The van der Waals surface area contributed by atoms with Crippen LogP contribution in [0.3, 0.4) is 0 Å². The lowest BCUT2D eigenvalue weighted by atomic mass is 10.1. The van der Waals surface area contributed by atoms with Gasteiger partial charge in [-0.15, -0.1) is 0 Å². The first-order valence-corrected chi connectivity index (χ1v) is 4.65. The largest absolute Gasteiger partial charge is 0.386 e. The summed E-state index contributed by atoms with van der Waals surface area (Å²) in [5.74, 6) is 0.287. The summed E-state index contributed by atoms with van der Waals surface area (Å²) in [7, 11) is 0. The van der Waals surface area contributed by atoms with Gasteiger partial charge >= 0.3 is 0 Å². The molecular formula is C10H13N3O2. The maximum Gasteiger partial charge on any atom is 0.229 e. The fourth-order valence-corrected chi connectivity index (χ4v) is 1.37. The Kier molecular flexibility index (Phi) is 2.75. The van der Waals surface area contributed by atoms with Crippen LogP contribution in [0, 0.1) is 0 Å². The summed E-state index contributed by atoms with van der Waals surface area (Å²) in [6, 6.07) is 9.42. The molecular weight excluding hydrogens is 194 g/mol. The van der Waals surface area contributed by atoms with E-state index in [2.05, 4.69) is 5.59 Å². The Morgan fingerprint density at radius 1 is 1.40 bits per heavy atom. The summed E-state index contributed by atoms with van der Waals surface area (Å²) in [6.07, 6.45) is 1.01. The zero-order chi connectivity index (χ0) is 10.7. The maximum atomic E-state index is 9.86. The molecule has 0 saturated carbocycles. The van der Waals surface area contributed by atoms with Crippen molar-refractivity contribution in [3.8, 4) is 0 Å². The Morgan fingerprint density at radius 2 is 2.13 bits per heavy atom. The Morgan fingerprint density at radius 3 is 2.73 bits per heavy atom. The first-order valence-electron chi connectivity index (χ1n) is 4.65. The molecule has 1 aromatic rings. The zero-order valence-electron chi connectivity index (χ0n) is 8.13. The molecule has 1 heterocycles. The van der Waals surface area contributed by atoms with Crippen LogP contribution in [0.5, 0.6) is 0 Å². The predicted octanol–water partition coefficient (Wildman–Crippen LogP) is 0.229. The van der Waals surface area contributed by atoms with E-state index in [1.54, 1.807) is 11.2 Å². The molecule has 0 saturated heterocycles. The van der Waals surface area contributed by atoms with Crippen LogP contribution in [0.1, 0.15) is 11.7 Å². The fraction of sp³-hybridized carbons (Fsp3) is 0.200. The standard InChI is InChI=1S/C10H13N3O2/c11-10-7-13(12-15-10)6-9(14)8-4-2-1-3-5-8/h1-5,7,9,12,14H,6,11H2. The molecule has 1 aliphatic heterocycles. The molecule has 1 unspecified atom stereocenters. The Labute approximate surface area is 87.7 Å². The van der Waals surface area contributed by atoms with Crippen LogP contribution in [-0.4, -0.2) is 16.7 Å². The van der Waals surface area contributed by atoms with E-state index in [9.17, 15) is 5.11 Å². The van der Waals surface area contributed by atoms with Crippen LogP contribution in [0.15, 0.2) is 42.4 Å². The van der Waals surface area contributed by atoms with Crippen molar-refractivity contribution in [1.82, 2.24) is 10.6 Å². The van der Waals surface area contributed by atoms with Crippen LogP contribution in [0.4, 0.5) is 0 Å². The smallest absolute Gasteiger partial charge is 0.229 e. The zero-order valence-corrected chi connectivity index (χ0v) is 8.13. The highest BCUT2D eigenvalue weighted by Crippen LogP contribution is 2.14. The van der Waals surface area contributed by atoms with Crippen molar-refractivity contribution in [3.63, 3.8) is 0 Å². The van der Waals surface area contributed by atoms with Gasteiger partial charge in [-0.2, -0.15) is 0 Å². The van der Waals surface area contributed by atoms with Gasteiger partial charge in [-0.05, 0) is 5.56 Å². The highest BCUT2D eigenvalue weighted by molar-refractivity contribution is 5.17. The average Bonchev–Trinajstić information content (AvgIpc) is 2.65. The average molecular weight is 207 g/mol. The maximum absolute atomic E-state index is 9.86. The van der Waals surface area contributed by atoms with Crippen LogP contribution < -0.4 is 11.3 Å². The number of hydrazine groups is 1. The second-order valence-corrected chi connectivity index (χ2v) is 3.30. The molecule has 0 amide bonds. The SMILES string of the molecule is NC1=CN(CC(O)c2ccccc2)NO1. The van der Waals surface area contributed by atoms with Crippen molar-refractivity contribution in [2.24, 2.45) is 5.73 Å². The van der Waals surface area contributed by atoms with E-state index >= 15 is 0 Å². The van der Waals surface area contributed by atoms with Crippen molar-refractivity contribution in [2.75, 3.05) is 6.54 Å². The summed E-state index contributed by atoms with van der Waals surface area (Å²) >= 11 is 0. The number of nitrogens with zero attached hydrogens (tertiary/aromatic N) is 1. The molecule has 1 aromatic carbocycles. The van der Waals surface area contributed by atoms with Crippen molar-refractivity contribution in [3.05, 3.63) is 48.0 Å². The molecule has 80 valence electrons. The van der Waals surface area contributed by atoms with Crippen molar-refractivity contribution in [1.29, 1.82) is 0 Å². The van der Waals surface area contributed by atoms with Gasteiger partial charge in [-0.25, -0.2) is 0 Å². The van der Waals surface area contributed by atoms with Gasteiger partial charge in [0.2, 0.25) is 5.88 Å². The minimum absolute atomic E-state index is 0.287. The summed E-state index contributed by atoms with van der Waals surface area (Å²) in [5.41, 5.74) is 8.81. The third-order valence-electron chi connectivity index (χ3n) is 2.12. The van der Waals surface area contributed by atoms with Gasteiger partial charge in [0.05, 0.1) is 18.8 Å². The Hall–Kier alpha value is -1.72. The molecule has 0 aromatic heterocycles. The number of β-amino-alcohol motifs (C(OH)–C–C–N with tert-alkyl or cyclic N) is 1. The number of aliphatic hydroxyl groups is 1. The number of hydrogen-bond donors (Lipinski definition) is 3. The molecule has 5 heteroatoms. The summed E-state index contributed by atoms with van der Waals surface area (Å²) < 4.78 is 0. The molecule has 0 radical (unpaired) electrons. The first kappa shape index (κ1) is 9.82. The van der Waals surface area contributed by atoms with Gasteiger partial charge in [-0.3, -0.25) is 5.01 Å². The van der Waals surface area contributed by atoms with E-state index in [4.69, 9.17) is 10.6 Å².